The average molecular weight is 213 g/mol. The van der Waals surface area contributed by atoms with Crippen molar-refractivity contribution in [2.45, 2.75) is 25.3 Å². The van der Waals surface area contributed by atoms with Crippen molar-refractivity contribution in [2.24, 2.45) is 0 Å². The molecule has 0 aromatic carbocycles. The van der Waals surface area contributed by atoms with E-state index in [4.69, 9.17) is 17.3 Å². The number of nitrogens with zero attached hydrogens (tertiary/aromatic N) is 3. The number of halogens is 1. The van der Waals surface area contributed by atoms with E-state index in [2.05, 4.69) is 14.9 Å². The fourth-order valence-electron chi connectivity index (χ4n) is 1.57. The first-order valence-corrected chi connectivity index (χ1v) is 5.06. The Bertz CT molecular complexity index is 338. The molecule has 0 saturated heterocycles. The standard InChI is InChI=1S/C9H13ClN4/c1-14(6-3-2-4-6)9-7(10)8(11)12-5-13-9/h5-6H,2-4H2,1H3,(H2,11,12,13). The third kappa shape index (κ3) is 1.50. The number of rotatable bonds is 2. The summed E-state index contributed by atoms with van der Waals surface area (Å²) in [7, 11) is 2.00. The van der Waals surface area contributed by atoms with Crippen LogP contribution in [0.5, 0.6) is 0 Å². The molecule has 1 aromatic rings. The van der Waals surface area contributed by atoms with Gasteiger partial charge in [-0.3, -0.25) is 0 Å². The minimum absolute atomic E-state index is 0.350. The molecule has 0 bridgehead atoms. The van der Waals surface area contributed by atoms with Crippen LogP contribution in [0.3, 0.4) is 0 Å². The van der Waals surface area contributed by atoms with Crippen LogP contribution in [0, 0.1) is 0 Å². The van der Waals surface area contributed by atoms with E-state index < -0.39 is 0 Å². The zero-order chi connectivity index (χ0) is 10.1. The van der Waals surface area contributed by atoms with Gasteiger partial charge >= 0.3 is 0 Å². The molecule has 1 heterocycles. The highest BCUT2D eigenvalue weighted by Gasteiger charge is 2.24. The lowest BCUT2D eigenvalue weighted by Gasteiger charge is -2.35. The van der Waals surface area contributed by atoms with Gasteiger partial charge in [-0.25, -0.2) is 9.97 Å². The molecule has 5 heteroatoms. The summed E-state index contributed by atoms with van der Waals surface area (Å²) in [5.41, 5.74) is 5.61. The summed E-state index contributed by atoms with van der Waals surface area (Å²) in [6.45, 7) is 0. The highest BCUT2D eigenvalue weighted by atomic mass is 35.5. The van der Waals surface area contributed by atoms with E-state index in [0.29, 0.717) is 16.9 Å². The second-order valence-corrected chi connectivity index (χ2v) is 3.97. The molecule has 76 valence electrons. The first-order valence-electron chi connectivity index (χ1n) is 4.69. The highest BCUT2D eigenvalue weighted by molar-refractivity contribution is 6.35. The van der Waals surface area contributed by atoms with Crippen LogP contribution in [0.15, 0.2) is 6.33 Å². The van der Waals surface area contributed by atoms with Gasteiger partial charge in [0.05, 0.1) is 0 Å². The number of nitrogens with two attached hydrogens (primary N) is 1. The molecule has 1 aromatic heterocycles. The summed E-state index contributed by atoms with van der Waals surface area (Å²) < 4.78 is 0. The van der Waals surface area contributed by atoms with Crippen LogP contribution in [-0.4, -0.2) is 23.1 Å². The predicted molar refractivity (Wildman–Crippen MR) is 57.5 cm³/mol. The van der Waals surface area contributed by atoms with Gasteiger partial charge in [-0.15, -0.1) is 0 Å². The second-order valence-electron chi connectivity index (χ2n) is 3.59. The van der Waals surface area contributed by atoms with Crippen molar-refractivity contribution < 1.29 is 0 Å². The largest absolute Gasteiger partial charge is 0.382 e. The molecule has 0 unspecified atom stereocenters. The van der Waals surface area contributed by atoms with Crippen LogP contribution >= 0.6 is 11.6 Å². The van der Waals surface area contributed by atoms with Gasteiger partial charge in [0.25, 0.3) is 0 Å². The Labute approximate surface area is 88.1 Å². The fourth-order valence-corrected chi connectivity index (χ4v) is 1.80. The zero-order valence-electron chi connectivity index (χ0n) is 8.07. The molecule has 0 radical (unpaired) electrons. The van der Waals surface area contributed by atoms with Crippen molar-refractivity contribution in [3.8, 4) is 0 Å². The summed E-state index contributed by atoms with van der Waals surface area (Å²) in [4.78, 5) is 10.1. The van der Waals surface area contributed by atoms with Crippen molar-refractivity contribution in [3.05, 3.63) is 11.3 Å². The Morgan fingerprint density at radius 1 is 1.50 bits per heavy atom. The van der Waals surface area contributed by atoms with Crippen LogP contribution in [-0.2, 0) is 0 Å². The Kier molecular flexibility index (Phi) is 2.46. The van der Waals surface area contributed by atoms with Gasteiger partial charge in [0, 0.05) is 13.1 Å². The second kappa shape index (κ2) is 3.61. The van der Waals surface area contributed by atoms with E-state index in [-0.39, 0.29) is 0 Å². The predicted octanol–water partition coefficient (Wildman–Crippen LogP) is 1.70. The Balaban J connectivity index is 2.26. The molecule has 4 nitrogen and oxygen atoms in total. The first-order chi connectivity index (χ1) is 6.70. The molecule has 14 heavy (non-hydrogen) atoms. The SMILES string of the molecule is CN(c1ncnc(N)c1Cl)C1CCC1. The van der Waals surface area contributed by atoms with Gasteiger partial charge in [-0.1, -0.05) is 11.6 Å². The van der Waals surface area contributed by atoms with Crippen LogP contribution in [0.25, 0.3) is 0 Å². The third-order valence-electron chi connectivity index (χ3n) is 2.75. The quantitative estimate of drug-likeness (QED) is 0.811. The summed E-state index contributed by atoms with van der Waals surface area (Å²) in [5.74, 6) is 1.09. The molecule has 2 N–H and O–H groups in total. The first kappa shape index (κ1) is 9.52. The minimum atomic E-state index is 0.350. The van der Waals surface area contributed by atoms with Crippen molar-refractivity contribution >= 4 is 23.2 Å². The summed E-state index contributed by atoms with van der Waals surface area (Å²) in [6.07, 6.45) is 5.15. The van der Waals surface area contributed by atoms with E-state index in [1.807, 2.05) is 7.05 Å². The minimum Gasteiger partial charge on any atom is -0.382 e. The van der Waals surface area contributed by atoms with Crippen LogP contribution in [0.2, 0.25) is 5.02 Å². The molecule has 0 atom stereocenters. The number of hydrogen-bond donors (Lipinski definition) is 1. The average Bonchev–Trinajstić information content (AvgIpc) is 2.06. The normalized spacial score (nSPS) is 16.4. The van der Waals surface area contributed by atoms with Gasteiger partial charge in [0.1, 0.15) is 17.2 Å². The van der Waals surface area contributed by atoms with E-state index in [0.717, 1.165) is 5.82 Å². The molecule has 1 aliphatic carbocycles. The smallest absolute Gasteiger partial charge is 0.153 e. The molecular weight excluding hydrogens is 200 g/mol. The van der Waals surface area contributed by atoms with Crippen molar-refractivity contribution in [3.63, 3.8) is 0 Å². The van der Waals surface area contributed by atoms with E-state index in [1.165, 1.54) is 25.6 Å². The Morgan fingerprint density at radius 3 is 2.79 bits per heavy atom. The maximum absolute atomic E-state index is 6.02. The molecule has 1 fully saturated rings. The lowest BCUT2D eigenvalue weighted by molar-refractivity contribution is 0.399. The third-order valence-corrected chi connectivity index (χ3v) is 3.12. The Hall–Kier alpha value is -1.03. The summed E-state index contributed by atoms with van der Waals surface area (Å²) in [5, 5.41) is 0.460. The monoisotopic (exact) mass is 212 g/mol. The van der Waals surface area contributed by atoms with Gasteiger partial charge in [-0.2, -0.15) is 0 Å². The van der Waals surface area contributed by atoms with Gasteiger partial charge in [0.15, 0.2) is 5.82 Å². The van der Waals surface area contributed by atoms with Gasteiger partial charge < -0.3 is 10.6 Å². The number of nitrogen functional groups attached to an aromatic ring is 1. The highest BCUT2D eigenvalue weighted by Crippen LogP contribution is 2.32. The van der Waals surface area contributed by atoms with Crippen LogP contribution in [0.4, 0.5) is 11.6 Å². The van der Waals surface area contributed by atoms with Gasteiger partial charge in [-0.05, 0) is 19.3 Å². The lowest BCUT2D eigenvalue weighted by atomic mass is 9.92. The topological polar surface area (TPSA) is 55.0 Å². The lowest BCUT2D eigenvalue weighted by Crippen LogP contribution is -2.37. The summed E-state index contributed by atoms with van der Waals surface area (Å²) in [6, 6.07) is 0.557. The maximum atomic E-state index is 6.02. The number of anilines is 2. The zero-order valence-corrected chi connectivity index (χ0v) is 8.83. The fraction of sp³-hybridized carbons (Fsp3) is 0.556. The molecular formula is C9H13ClN4. The number of hydrogen-bond acceptors (Lipinski definition) is 4. The summed E-state index contributed by atoms with van der Waals surface area (Å²) >= 11 is 6.02. The molecule has 1 aliphatic rings. The van der Waals surface area contributed by atoms with E-state index >= 15 is 0 Å². The number of aromatic nitrogens is 2. The van der Waals surface area contributed by atoms with Crippen molar-refractivity contribution in [1.82, 2.24) is 9.97 Å². The molecule has 0 amide bonds. The van der Waals surface area contributed by atoms with Crippen molar-refractivity contribution in [1.29, 1.82) is 0 Å². The molecule has 0 aliphatic heterocycles. The van der Waals surface area contributed by atoms with E-state index in [9.17, 15) is 0 Å². The molecule has 0 spiro atoms. The maximum Gasteiger partial charge on any atom is 0.153 e. The van der Waals surface area contributed by atoms with Gasteiger partial charge in [0.2, 0.25) is 0 Å². The van der Waals surface area contributed by atoms with Crippen molar-refractivity contribution in [2.75, 3.05) is 17.7 Å². The Morgan fingerprint density at radius 2 is 2.21 bits per heavy atom. The van der Waals surface area contributed by atoms with E-state index in [1.54, 1.807) is 0 Å². The van der Waals surface area contributed by atoms with Crippen LogP contribution in [0.1, 0.15) is 19.3 Å². The molecule has 2 rings (SSSR count). The molecule has 1 saturated carbocycles. The van der Waals surface area contributed by atoms with Crippen LogP contribution < -0.4 is 10.6 Å².